The number of rotatable bonds is 5. The molecule has 0 unspecified atom stereocenters. The van der Waals surface area contributed by atoms with Crippen LogP contribution < -0.4 is 5.56 Å². The van der Waals surface area contributed by atoms with Crippen LogP contribution in [0.4, 0.5) is 0 Å². The first-order valence-corrected chi connectivity index (χ1v) is 8.01. The zero-order valence-electron chi connectivity index (χ0n) is 13.2. The molecule has 1 aromatic carbocycles. The SMILES string of the molecule is CCCCn1c(=O)c(C=NC2CC2)c(O)c2ccc(C)cc21. The quantitative estimate of drug-likeness (QED) is 0.860. The largest absolute Gasteiger partial charge is 0.506 e. The van der Waals surface area contributed by atoms with Crippen LogP contribution >= 0.6 is 0 Å². The van der Waals surface area contributed by atoms with E-state index in [0.29, 0.717) is 18.2 Å². The van der Waals surface area contributed by atoms with E-state index in [-0.39, 0.29) is 11.3 Å². The van der Waals surface area contributed by atoms with E-state index in [1.54, 1.807) is 10.8 Å². The number of unbranched alkanes of at least 4 members (excludes halogenated alkanes) is 1. The smallest absolute Gasteiger partial charge is 0.263 e. The van der Waals surface area contributed by atoms with Gasteiger partial charge in [0.25, 0.3) is 5.56 Å². The van der Waals surface area contributed by atoms with Crippen LogP contribution in [0.15, 0.2) is 28.0 Å². The molecular weight excluding hydrogens is 276 g/mol. The van der Waals surface area contributed by atoms with Crippen LogP contribution in [0.2, 0.25) is 0 Å². The van der Waals surface area contributed by atoms with Gasteiger partial charge in [-0.05, 0) is 43.9 Å². The molecule has 1 aromatic heterocycles. The summed E-state index contributed by atoms with van der Waals surface area (Å²) in [4.78, 5) is 17.1. The molecule has 0 saturated heterocycles. The predicted octanol–water partition coefficient (Wildman–Crippen LogP) is 3.40. The second-order valence-corrected chi connectivity index (χ2v) is 6.10. The highest BCUT2D eigenvalue weighted by Crippen LogP contribution is 2.28. The Morgan fingerprint density at radius 2 is 2.18 bits per heavy atom. The number of aromatic hydroxyl groups is 1. The molecule has 1 aliphatic rings. The molecule has 2 aromatic rings. The number of benzene rings is 1. The highest BCUT2D eigenvalue weighted by atomic mass is 16.3. The van der Waals surface area contributed by atoms with Crippen molar-refractivity contribution in [2.45, 2.75) is 52.1 Å². The molecule has 0 aliphatic heterocycles. The normalized spacial score (nSPS) is 15.0. The molecule has 0 spiro atoms. The number of nitrogens with zero attached hydrogens (tertiary/aromatic N) is 2. The number of hydrogen-bond donors (Lipinski definition) is 1. The van der Waals surface area contributed by atoms with E-state index in [1.807, 2.05) is 25.1 Å². The van der Waals surface area contributed by atoms with Crippen molar-refractivity contribution < 1.29 is 5.11 Å². The molecule has 3 rings (SSSR count). The van der Waals surface area contributed by atoms with Gasteiger partial charge in [-0.2, -0.15) is 0 Å². The van der Waals surface area contributed by atoms with Gasteiger partial charge in [0.15, 0.2) is 0 Å². The summed E-state index contributed by atoms with van der Waals surface area (Å²) in [5.74, 6) is 0.0529. The molecule has 1 aliphatic carbocycles. The summed E-state index contributed by atoms with van der Waals surface area (Å²) in [6.07, 6.45) is 5.68. The van der Waals surface area contributed by atoms with E-state index in [1.165, 1.54) is 0 Å². The van der Waals surface area contributed by atoms with E-state index in [9.17, 15) is 9.90 Å². The van der Waals surface area contributed by atoms with Crippen molar-refractivity contribution in [2.75, 3.05) is 0 Å². The molecule has 1 heterocycles. The Morgan fingerprint density at radius 3 is 2.86 bits per heavy atom. The van der Waals surface area contributed by atoms with Crippen LogP contribution in [0.3, 0.4) is 0 Å². The average molecular weight is 298 g/mol. The molecule has 22 heavy (non-hydrogen) atoms. The molecule has 0 atom stereocenters. The summed E-state index contributed by atoms with van der Waals surface area (Å²) in [7, 11) is 0. The number of hydrogen-bond acceptors (Lipinski definition) is 3. The van der Waals surface area contributed by atoms with Crippen LogP contribution in [0.5, 0.6) is 5.75 Å². The molecule has 4 nitrogen and oxygen atoms in total. The van der Waals surface area contributed by atoms with Gasteiger partial charge in [-0.1, -0.05) is 19.4 Å². The third-order valence-corrected chi connectivity index (χ3v) is 4.13. The molecular formula is C18H22N2O2. The van der Waals surface area contributed by atoms with Gasteiger partial charge in [-0.3, -0.25) is 9.79 Å². The van der Waals surface area contributed by atoms with Crippen molar-refractivity contribution in [3.63, 3.8) is 0 Å². The van der Waals surface area contributed by atoms with Gasteiger partial charge < -0.3 is 9.67 Å². The van der Waals surface area contributed by atoms with Crippen molar-refractivity contribution in [1.29, 1.82) is 0 Å². The van der Waals surface area contributed by atoms with Crippen LogP contribution in [0.1, 0.15) is 43.7 Å². The van der Waals surface area contributed by atoms with Crippen molar-refractivity contribution in [2.24, 2.45) is 4.99 Å². The number of aryl methyl sites for hydroxylation is 2. The number of aliphatic imine (C=N–C) groups is 1. The molecule has 0 radical (unpaired) electrons. The lowest BCUT2D eigenvalue weighted by Crippen LogP contribution is -2.24. The molecule has 0 amide bonds. The first-order valence-electron chi connectivity index (χ1n) is 8.01. The summed E-state index contributed by atoms with van der Waals surface area (Å²) in [5, 5.41) is 11.2. The Labute approximate surface area is 130 Å². The fourth-order valence-electron chi connectivity index (χ4n) is 2.62. The van der Waals surface area contributed by atoms with E-state index in [2.05, 4.69) is 11.9 Å². The van der Waals surface area contributed by atoms with Gasteiger partial charge in [-0.25, -0.2) is 0 Å². The maximum Gasteiger partial charge on any atom is 0.263 e. The van der Waals surface area contributed by atoms with Crippen molar-refractivity contribution in [1.82, 2.24) is 4.57 Å². The maximum atomic E-state index is 12.8. The van der Waals surface area contributed by atoms with Gasteiger partial charge in [0.05, 0.1) is 11.6 Å². The Balaban J connectivity index is 2.22. The minimum atomic E-state index is -0.145. The van der Waals surface area contributed by atoms with Gasteiger partial charge >= 0.3 is 0 Å². The van der Waals surface area contributed by atoms with Gasteiger partial charge in [0, 0.05) is 18.1 Å². The topological polar surface area (TPSA) is 54.6 Å². The fourth-order valence-corrected chi connectivity index (χ4v) is 2.62. The summed E-state index contributed by atoms with van der Waals surface area (Å²) < 4.78 is 1.78. The highest BCUT2D eigenvalue weighted by Gasteiger charge is 2.20. The van der Waals surface area contributed by atoms with Crippen LogP contribution in [0, 0.1) is 6.92 Å². The molecule has 1 N–H and O–H groups in total. The summed E-state index contributed by atoms with van der Waals surface area (Å²) >= 11 is 0. The fraction of sp³-hybridized carbons (Fsp3) is 0.444. The Kier molecular flexibility index (Phi) is 4.01. The van der Waals surface area contributed by atoms with Crippen molar-refractivity contribution >= 4 is 17.1 Å². The second kappa shape index (κ2) is 5.95. The summed E-state index contributed by atoms with van der Waals surface area (Å²) in [6.45, 7) is 4.77. The lowest BCUT2D eigenvalue weighted by Gasteiger charge is -2.14. The van der Waals surface area contributed by atoms with Gasteiger partial charge in [-0.15, -0.1) is 0 Å². The maximum absolute atomic E-state index is 12.8. The first kappa shape index (κ1) is 14.8. The Hall–Kier alpha value is -2.10. The van der Waals surface area contributed by atoms with Crippen molar-refractivity contribution in [3.8, 4) is 5.75 Å². The monoisotopic (exact) mass is 298 g/mol. The minimum absolute atomic E-state index is 0.0529. The highest BCUT2D eigenvalue weighted by molar-refractivity contribution is 5.95. The minimum Gasteiger partial charge on any atom is -0.506 e. The third-order valence-electron chi connectivity index (χ3n) is 4.13. The van der Waals surface area contributed by atoms with E-state index in [0.717, 1.165) is 42.1 Å². The molecule has 1 saturated carbocycles. The van der Waals surface area contributed by atoms with Crippen molar-refractivity contribution in [3.05, 3.63) is 39.7 Å². The molecule has 116 valence electrons. The zero-order chi connectivity index (χ0) is 15.7. The Morgan fingerprint density at radius 1 is 1.41 bits per heavy atom. The third kappa shape index (κ3) is 2.78. The van der Waals surface area contributed by atoms with Crippen LogP contribution in [-0.4, -0.2) is 21.9 Å². The second-order valence-electron chi connectivity index (χ2n) is 6.10. The summed E-state index contributed by atoms with van der Waals surface area (Å²) in [5.41, 5.74) is 2.06. The van der Waals surface area contributed by atoms with E-state index < -0.39 is 0 Å². The zero-order valence-corrected chi connectivity index (χ0v) is 13.2. The number of fused-ring (bicyclic) bond motifs is 1. The Bertz CT molecular complexity index is 786. The lowest BCUT2D eigenvalue weighted by atomic mass is 10.1. The standard InChI is InChI=1S/C18H22N2O2/c1-3-4-9-20-16-10-12(2)5-8-14(16)17(21)15(18(20)22)11-19-13-6-7-13/h5,8,10-11,13,21H,3-4,6-7,9H2,1-2H3. The molecule has 0 bridgehead atoms. The van der Waals surface area contributed by atoms with Gasteiger partial charge in [0.2, 0.25) is 0 Å². The first-order chi connectivity index (χ1) is 10.6. The number of pyridine rings is 1. The van der Waals surface area contributed by atoms with Gasteiger partial charge in [0.1, 0.15) is 11.3 Å². The molecule has 1 fully saturated rings. The average Bonchev–Trinajstić information content (AvgIpc) is 3.31. The lowest BCUT2D eigenvalue weighted by molar-refractivity contribution is 0.477. The molecule has 4 heteroatoms. The van der Waals surface area contributed by atoms with Crippen LogP contribution in [-0.2, 0) is 6.54 Å². The summed E-state index contributed by atoms with van der Waals surface area (Å²) in [6, 6.07) is 6.14. The predicted molar refractivity (Wildman–Crippen MR) is 90.1 cm³/mol. The van der Waals surface area contributed by atoms with E-state index >= 15 is 0 Å². The van der Waals surface area contributed by atoms with Crippen LogP contribution in [0.25, 0.3) is 10.9 Å². The van der Waals surface area contributed by atoms with E-state index in [4.69, 9.17) is 0 Å². The number of aromatic nitrogens is 1.